The van der Waals surface area contributed by atoms with E-state index in [2.05, 4.69) is 20.1 Å². The van der Waals surface area contributed by atoms with Gasteiger partial charge in [0, 0.05) is 18.6 Å². The Labute approximate surface area is 93.9 Å². The number of fused-ring (bicyclic) bond motifs is 1. The van der Waals surface area contributed by atoms with E-state index >= 15 is 0 Å². The van der Waals surface area contributed by atoms with Gasteiger partial charge in [0.05, 0.1) is 0 Å². The highest BCUT2D eigenvalue weighted by molar-refractivity contribution is 5.69. The smallest absolute Gasteiger partial charge is 0.312 e. The number of aromatic nitrogens is 5. The number of hydrogen-bond donors (Lipinski definition) is 2. The third kappa shape index (κ3) is 1.65. The monoisotopic (exact) mass is 233 g/mol. The van der Waals surface area contributed by atoms with E-state index in [1.54, 1.807) is 23.0 Å². The molecule has 0 saturated carbocycles. The van der Waals surface area contributed by atoms with E-state index in [0.29, 0.717) is 17.3 Å². The van der Waals surface area contributed by atoms with Gasteiger partial charge in [-0.1, -0.05) is 5.16 Å². The van der Waals surface area contributed by atoms with Gasteiger partial charge in [0.2, 0.25) is 17.5 Å². The number of imidazole rings is 2. The second kappa shape index (κ2) is 3.44. The minimum atomic E-state index is -1.01. The predicted octanol–water partition coefficient (Wildman–Crippen LogP) is 0.339. The Hall–Kier alpha value is -2.64. The van der Waals surface area contributed by atoms with Crippen molar-refractivity contribution in [2.24, 2.45) is 0 Å². The molecule has 0 aliphatic carbocycles. The Morgan fingerprint density at radius 3 is 3.24 bits per heavy atom. The molecule has 0 aromatic carbocycles. The molecule has 0 unspecified atom stereocenters. The third-order valence-electron chi connectivity index (χ3n) is 2.19. The molecule has 0 amide bonds. The van der Waals surface area contributed by atoms with Gasteiger partial charge < -0.3 is 14.6 Å². The van der Waals surface area contributed by atoms with Crippen molar-refractivity contribution in [1.82, 2.24) is 24.5 Å². The van der Waals surface area contributed by atoms with Crippen LogP contribution in [0, 0.1) is 0 Å². The van der Waals surface area contributed by atoms with Crippen molar-refractivity contribution in [3.8, 4) is 11.5 Å². The SMILES string of the molecule is O=C(O)Cc1nc(-c2cn3ccnc3[nH]2)no1. The Bertz CT molecular complexity index is 651. The van der Waals surface area contributed by atoms with Gasteiger partial charge in [-0.3, -0.25) is 9.20 Å². The average Bonchev–Trinajstić information content (AvgIpc) is 2.87. The molecule has 0 aliphatic rings. The summed E-state index contributed by atoms with van der Waals surface area (Å²) in [6, 6.07) is 0. The fourth-order valence-electron chi connectivity index (χ4n) is 1.48. The number of nitrogens with zero attached hydrogens (tertiary/aromatic N) is 4. The Balaban J connectivity index is 1.95. The molecule has 0 spiro atoms. The van der Waals surface area contributed by atoms with Crippen molar-refractivity contribution in [3.63, 3.8) is 0 Å². The van der Waals surface area contributed by atoms with E-state index in [0.717, 1.165) is 0 Å². The van der Waals surface area contributed by atoms with Crippen LogP contribution in [0.2, 0.25) is 0 Å². The summed E-state index contributed by atoms with van der Waals surface area (Å²) in [7, 11) is 0. The summed E-state index contributed by atoms with van der Waals surface area (Å²) in [6.07, 6.45) is 4.89. The number of nitrogens with one attached hydrogen (secondary N) is 1. The molecule has 0 aliphatic heterocycles. The van der Waals surface area contributed by atoms with Crippen LogP contribution in [0.15, 0.2) is 23.1 Å². The molecule has 3 rings (SSSR count). The van der Waals surface area contributed by atoms with Gasteiger partial charge in [0.25, 0.3) is 0 Å². The third-order valence-corrected chi connectivity index (χ3v) is 2.19. The van der Waals surface area contributed by atoms with Gasteiger partial charge in [-0.25, -0.2) is 4.98 Å². The van der Waals surface area contributed by atoms with Crippen LogP contribution in [0.25, 0.3) is 17.3 Å². The fourth-order valence-corrected chi connectivity index (χ4v) is 1.48. The van der Waals surface area contributed by atoms with Crippen molar-refractivity contribution in [2.75, 3.05) is 0 Å². The van der Waals surface area contributed by atoms with Crippen molar-refractivity contribution >= 4 is 11.7 Å². The number of aliphatic carboxylic acids is 1. The van der Waals surface area contributed by atoms with Crippen LogP contribution in [0.1, 0.15) is 5.89 Å². The molecule has 0 radical (unpaired) electrons. The van der Waals surface area contributed by atoms with Crippen LogP contribution < -0.4 is 0 Å². The zero-order chi connectivity index (χ0) is 11.8. The highest BCUT2D eigenvalue weighted by Gasteiger charge is 2.13. The summed E-state index contributed by atoms with van der Waals surface area (Å²) >= 11 is 0. The van der Waals surface area contributed by atoms with E-state index < -0.39 is 5.97 Å². The molecule has 0 atom stereocenters. The zero-order valence-electron chi connectivity index (χ0n) is 8.49. The topological polar surface area (TPSA) is 109 Å². The average molecular weight is 233 g/mol. The summed E-state index contributed by atoms with van der Waals surface area (Å²) in [5.41, 5.74) is 0.619. The number of rotatable bonds is 3. The van der Waals surface area contributed by atoms with E-state index in [1.165, 1.54) is 0 Å². The first-order valence-electron chi connectivity index (χ1n) is 4.79. The standard InChI is InChI=1S/C9H7N5O3/c15-7(16)3-6-12-8(13-17-6)5-4-14-2-1-10-9(14)11-5/h1-2,4H,3H2,(H,10,11)(H,15,16). The van der Waals surface area contributed by atoms with E-state index in [-0.39, 0.29) is 12.3 Å². The molecule has 8 nitrogen and oxygen atoms in total. The lowest BCUT2D eigenvalue weighted by Gasteiger charge is -1.84. The van der Waals surface area contributed by atoms with Crippen molar-refractivity contribution < 1.29 is 14.4 Å². The molecule has 2 N–H and O–H groups in total. The molecule has 3 heterocycles. The zero-order valence-corrected chi connectivity index (χ0v) is 8.49. The normalized spacial score (nSPS) is 11.1. The molecule has 8 heteroatoms. The minimum absolute atomic E-state index is 0.0692. The van der Waals surface area contributed by atoms with Gasteiger partial charge in [0.15, 0.2) is 0 Å². The molecule has 86 valence electrons. The molecular weight excluding hydrogens is 226 g/mol. The van der Waals surface area contributed by atoms with Crippen LogP contribution in [0.3, 0.4) is 0 Å². The Kier molecular flexibility index (Phi) is 1.94. The summed E-state index contributed by atoms with van der Waals surface area (Å²) in [4.78, 5) is 21.5. The number of H-pyrrole nitrogens is 1. The maximum absolute atomic E-state index is 10.5. The Morgan fingerprint density at radius 1 is 1.59 bits per heavy atom. The molecule has 3 aromatic heterocycles. The van der Waals surface area contributed by atoms with Crippen LogP contribution in [-0.2, 0) is 11.2 Å². The first-order valence-corrected chi connectivity index (χ1v) is 4.79. The lowest BCUT2D eigenvalue weighted by molar-refractivity contribution is -0.136. The van der Waals surface area contributed by atoms with Crippen LogP contribution >= 0.6 is 0 Å². The summed E-state index contributed by atoms with van der Waals surface area (Å²) in [5, 5.41) is 12.3. The quantitative estimate of drug-likeness (QED) is 0.675. The lowest BCUT2D eigenvalue weighted by Crippen LogP contribution is -1.99. The first kappa shape index (κ1) is 9.58. The van der Waals surface area contributed by atoms with Crippen molar-refractivity contribution in [2.45, 2.75) is 6.42 Å². The van der Waals surface area contributed by atoms with Crippen molar-refractivity contribution in [3.05, 3.63) is 24.5 Å². The predicted molar refractivity (Wildman–Crippen MR) is 54.2 cm³/mol. The van der Waals surface area contributed by atoms with Gasteiger partial charge in [-0.15, -0.1) is 0 Å². The molecule has 3 aromatic rings. The largest absolute Gasteiger partial charge is 0.481 e. The highest BCUT2D eigenvalue weighted by atomic mass is 16.5. The maximum Gasteiger partial charge on any atom is 0.312 e. The number of aromatic amines is 1. The highest BCUT2D eigenvalue weighted by Crippen LogP contribution is 2.15. The second-order valence-corrected chi connectivity index (χ2v) is 3.41. The molecule has 0 fully saturated rings. The van der Waals surface area contributed by atoms with Crippen LogP contribution in [-0.4, -0.2) is 35.6 Å². The van der Waals surface area contributed by atoms with Gasteiger partial charge in [-0.2, -0.15) is 4.98 Å². The molecule has 17 heavy (non-hydrogen) atoms. The molecule has 0 saturated heterocycles. The number of carboxylic acids is 1. The number of carboxylic acid groups (broad SMARTS) is 1. The first-order chi connectivity index (χ1) is 8.22. The van der Waals surface area contributed by atoms with E-state index in [1.807, 2.05) is 0 Å². The summed E-state index contributed by atoms with van der Waals surface area (Å²) in [6.45, 7) is 0. The summed E-state index contributed by atoms with van der Waals surface area (Å²) in [5.74, 6) is 0.0255. The summed E-state index contributed by atoms with van der Waals surface area (Å²) < 4.78 is 6.58. The lowest BCUT2D eigenvalue weighted by atomic mass is 10.4. The van der Waals surface area contributed by atoms with E-state index in [4.69, 9.17) is 9.63 Å². The van der Waals surface area contributed by atoms with Gasteiger partial charge in [-0.05, 0) is 0 Å². The number of carbonyl (C=O) groups is 1. The molecule has 0 bridgehead atoms. The van der Waals surface area contributed by atoms with Gasteiger partial charge in [0.1, 0.15) is 12.1 Å². The number of hydrogen-bond acceptors (Lipinski definition) is 5. The van der Waals surface area contributed by atoms with Gasteiger partial charge >= 0.3 is 5.97 Å². The fraction of sp³-hybridized carbons (Fsp3) is 0.111. The molecular formula is C9H7N5O3. The van der Waals surface area contributed by atoms with Crippen LogP contribution in [0.4, 0.5) is 0 Å². The second-order valence-electron chi connectivity index (χ2n) is 3.41. The van der Waals surface area contributed by atoms with Crippen LogP contribution in [0.5, 0.6) is 0 Å². The van der Waals surface area contributed by atoms with Crippen molar-refractivity contribution in [1.29, 1.82) is 0 Å². The minimum Gasteiger partial charge on any atom is -0.481 e. The Morgan fingerprint density at radius 2 is 2.47 bits per heavy atom. The maximum atomic E-state index is 10.5. The van der Waals surface area contributed by atoms with E-state index in [9.17, 15) is 4.79 Å².